The third-order valence-electron chi connectivity index (χ3n) is 6.75. The maximum absolute atomic E-state index is 13.1. The van der Waals surface area contributed by atoms with Crippen LogP contribution in [0.15, 0.2) is 6.20 Å². The third-order valence-corrected chi connectivity index (χ3v) is 6.75. The Balaban J connectivity index is 1.42. The second-order valence-corrected chi connectivity index (χ2v) is 8.52. The Labute approximate surface area is 170 Å². The minimum Gasteiger partial charge on any atom is -0.376 e. The fourth-order valence-corrected chi connectivity index (χ4v) is 5.14. The monoisotopic (exact) mass is 396 g/mol. The number of H-pyrrole nitrogens is 1. The Bertz CT molecular complexity index is 952. The minimum absolute atomic E-state index is 0.0930. The normalized spacial score (nSPS) is 21.3. The zero-order valence-corrected chi connectivity index (χ0v) is 17.0. The van der Waals surface area contributed by atoms with Crippen molar-refractivity contribution >= 4 is 11.7 Å². The minimum atomic E-state index is 0.0930. The van der Waals surface area contributed by atoms with Crippen molar-refractivity contribution in [3.63, 3.8) is 0 Å². The molecule has 4 heterocycles. The first kappa shape index (κ1) is 18.6. The summed E-state index contributed by atoms with van der Waals surface area (Å²) < 4.78 is 8.12. The molecule has 154 valence electrons. The fraction of sp³-hybridized carbons (Fsp3) is 0.591. The number of aromatic nitrogens is 3. The van der Waals surface area contributed by atoms with Crippen LogP contribution in [0.3, 0.4) is 0 Å². The molecule has 1 saturated heterocycles. The van der Waals surface area contributed by atoms with Crippen molar-refractivity contribution in [2.24, 2.45) is 0 Å². The molecule has 0 saturated carbocycles. The van der Waals surface area contributed by atoms with Crippen LogP contribution in [-0.4, -0.2) is 50.6 Å². The molecule has 1 aliphatic carbocycles. The van der Waals surface area contributed by atoms with Crippen LogP contribution < -0.4 is 0 Å². The smallest absolute Gasteiger partial charge is 0.227 e. The average molecular weight is 396 g/mol. The van der Waals surface area contributed by atoms with Gasteiger partial charge in [0.15, 0.2) is 5.78 Å². The van der Waals surface area contributed by atoms with Crippen LogP contribution in [0, 0.1) is 6.92 Å². The summed E-state index contributed by atoms with van der Waals surface area (Å²) in [5, 5.41) is 7.11. The van der Waals surface area contributed by atoms with Crippen LogP contribution in [-0.2, 0) is 41.9 Å². The molecule has 7 nitrogen and oxygen atoms in total. The summed E-state index contributed by atoms with van der Waals surface area (Å²) in [6.07, 6.45) is 7.67. The van der Waals surface area contributed by atoms with Crippen molar-refractivity contribution < 1.29 is 14.3 Å². The summed E-state index contributed by atoms with van der Waals surface area (Å²) in [5.74, 6) is 0.286. The number of hydrogen-bond donors (Lipinski definition) is 1. The number of amides is 1. The largest absolute Gasteiger partial charge is 0.376 e. The highest BCUT2D eigenvalue weighted by Gasteiger charge is 2.32. The molecule has 2 aliphatic heterocycles. The molecular weight excluding hydrogens is 368 g/mol. The van der Waals surface area contributed by atoms with Gasteiger partial charge in [-0.3, -0.25) is 14.7 Å². The van der Waals surface area contributed by atoms with Crippen LogP contribution in [0.4, 0.5) is 0 Å². The second-order valence-electron chi connectivity index (χ2n) is 8.52. The van der Waals surface area contributed by atoms with Gasteiger partial charge in [0.1, 0.15) is 0 Å². The first-order valence-electron chi connectivity index (χ1n) is 10.8. The SMILES string of the molecule is Cc1c(CC(=O)N2CCc3[nH]ncc3C2)c2c(n1CC1CCCO1)CCCC2=O. The molecule has 0 radical (unpaired) electrons. The summed E-state index contributed by atoms with van der Waals surface area (Å²) in [7, 11) is 0. The number of Topliss-reactive ketones (excluding diaryl/α,β-unsaturated/α-hetero) is 1. The van der Waals surface area contributed by atoms with Gasteiger partial charge in [0.2, 0.25) is 5.91 Å². The summed E-state index contributed by atoms with van der Waals surface area (Å²) in [6.45, 7) is 4.96. The molecule has 1 amide bonds. The van der Waals surface area contributed by atoms with Gasteiger partial charge in [-0.15, -0.1) is 0 Å². The van der Waals surface area contributed by atoms with Crippen molar-refractivity contribution in [2.75, 3.05) is 13.2 Å². The van der Waals surface area contributed by atoms with Gasteiger partial charge in [0, 0.05) is 67.3 Å². The number of rotatable bonds is 4. The van der Waals surface area contributed by atoms with Crippen molar-refractivity contribution in [1.82, 2.24) is 19.7 Å². The standard InChI is InChI=1S/C22H28N4O3/c1-14-17(10-21(28)25-8-7-18-15(12-25)11-23-24-18)22-19(5-2-6-20(22)27)26(14)13-16-4-3-9-29-16/h11,16H,2-10,12-13H2,1H3,(H,23,24). The summed E-state index contributed by atoms with van der Waals surface area (Å²) >= 11 is 0. The van der Waals surface area contributed by atoms with E-state index >= 15 is 0 Å². The molecule has 0 aromatic carbocycles. The van der Waals surface area contributed by atoms with Crippen LogP contribution in [0.5, 0.6) is 0 Å². The van der Waals surface area contributed by atoms with Crippen LogP contribution >= 0.6 is 0 Å². The molecule has 7 heteroatoms. The summed E-state index contributed by atoms with van der Waals surface area (Å²) in [5.41, 5.74) is 6.16. The zero-order chi connectivity index (χ0) is 20.0. The van der Waals surface area contributed by atoms with E-state index in [0.717, 1.165) is 79.0 Å². The maximum Gasteiger partial charge on any atom is 0.227 e. The van der Waals surface area contributed by atoms with E-state index in [1.807, 2.05) is 11.1 Å². The van der Waals surface area contributed by atoms with E-state index in [1.165, 1.54) is 0 Å². The Morgan fingerprint density at radius 2 is 2.21 bits per heavy atom. The van der Waals surface area contributed by atoms with E-state index in [9.17, 15) is 9.59 Å². The molecule has 3 aliphatic rings. The predicted octanol–water partition coefficient (Wildman–Crippen LogP) is 2.35. The Kier molecular flexibility index (Phi) is 4.78. The van der Waals surface area contributed by atoms with Gasteiger partial charge in [0.25, 0.3) is 0 Å². The van der Waals surface area contributed by atoms with Gasteiger partial charge in [-0.2, -0.15) is 5.10 Å². The molecule has 1 fully saturated rings. The molecule has 0 spiro atoms. The second kappa shape index (κ2) is 7.44. The van der Waals surface area contributed by atoms with E-state index in [1.54, 1.807) is 0 Å². The lowest BCUT2D eigenvalue weighted by Crippen LogP contribution is -2.37. The first-order chi connectivity index (χ1) is 14.1. The molecule has 1 N–H and O–H groups in total. The maximum atomic E-state index is 13.1. The fourth-order valence-electron chi connectivity index (χ4n) is 5.14. The first-order valence-corrected chi connectivity index (χ1v) is 10.8. The third kappa shape index (κ3) is 3.31. The van der Waals surface area contributed by atoms with Gasteiger partial charge < -0.3 is 14.2 Å². The van der Waals surface area contributed by atoms with Crippen molar-refractivity contribution in [3.05, 3.63) is 40.0 Å². The van der Waals surface area contributed by atoms with Crippen molar-refractivity contribution in [2.45, 2.75) is 71.1 Å². The lowest BCUT2D eigenvalue weighted by Gasteiger charge is -2.27. The molecule has 29 heavy (non-hydrogen) atoms. The zero-order valence-electron chi connectivity index (χ0n) is 17.0. The predicted molar refractivity (Wildman–Crippen MR) is 107 cm³/mol. The molecular formula is C22H28N4O3. The molecule has 0 bridgehead atoms. The van der Waals surface area contributed by atoms with Crippen LogP contribution in [0.25, 0.3) is 0 Å². The highest BCUT2D eigenvalue weighted by molar-refractivity contribution is 6.01. The van der Waals surface area contributed by atoms with E-state index in [-0.39, 0.29) is 17.8 Å². The molecule has 5 rings (SSSR count). The Morgan fingerprint density at radius 1 is 1.31 bits per heavy atom. The van der Waals surface area contributed by atoms with Crippen molar-refractivity contribution in [1.29, 1.82) is 0 Å². The molecule has 2 aromatic heterocycles. The highest BCUT2D eigenvalue weighted by atomic mass is 16.5. The molecule has 1 unspecified atom stereocenters. The number of nitrogens with zero attached hydrogens (tertiary/aromatic N) is 3. The van der Waals surface area contributed by atoms with E-state index < -0.39 is 0 Å². The van der Waals surface area contributed by atoms with Crippen molar-refractivity contribution in [3.8, 4) is 0 Å². The summed E-state index contributed by atoms with van der Waals surface area (Å²) in [6, 6.07) is 0. The van der Waals surface area contributed by atoms with E-state index in [2.05, 4.69) is 21.7 Å². The highest BCUT2D eigenvalue weighted by Crippen LogP contribution is 2.32. The van der Waals surface area contributed by atoms with E-state index in [4.69, 9.17) is 4.74 Å². The van der Waals surface area contributed by atoms with Crippen LogP contribution in [0.2, 0.25) is 0 Å². The Morgan fingerprint density at radius 3 is 3.03 bits per heavy atom. The summed E-state index contributed by atoms with van der Waals surface area (Å²) in [4.78, 5) is 27.9. The number of nitrogens with one attached hydrogen (secondary N) is 1. The lowest BCUT2D eigenvalue weighted by molar-refractivity contribution is -0.131. The Hall–Kier alpha value is -2.41. The number of fused-ring (bicyclic) bond motifs is 2. The average Bonchev–Trinajstić information content (AvgIpc) is 3.45. The number of carbonyl (C=O) groups excluding carboxylic acids is 2. The van der Waals surface area contributed by atoms with Gasteiger partial charge in [-0.1, -0.05) is 0 Å². The quantitative estimate of drug-likeness (QED) is 0.860. The van der Waals surface area contributed by atoms with Gasteiger partial charge in [0.05, 0.1) is 18.7 Å². The van der Waals surface area contributed by atoms with Crippen LogP contribution in [0.1, 0.15) is 64.2 Å². The number of hydrogen-bond acceptors (Lipinski definition) is 4. The number of ether oxygens (including phenoxy) is 1. The number of aromatic amines is 1. The van der Waals surface area contributed by atoms with Gasteiger partial charge in [-0.05, 0) is 38.2 Å². The van der Waals surface area contributed by atoms with Gasteiger partial charge >= 0.3 is 0 Å². The van der Waals surface area contributed by atoms with Gasteiger partial charge in [-0.25, -0.2) is 0 Å². The lowest BCUT2D eigenvalue weighted by atomic mass is 9.91. The molecule has 2 aromatic rings. The van der Waals surface area contributed by atoms with E-state index in [0.29, 0.717) is 25.9 Å². The number of carbonyl (C=O) groups is 2. The number of ketones is 1. The topological polar surface area (TPSA) is 80.2 Å². The molecule has 1 atom stereocenters.